The molecule has 1 aromatic carbocycles. The van der Waals surface area contributed by atoms with Gasteiger partial charge in [-0.25, -0.2) is 4.39 Å². The van der Waals surface area contributed by atoms with E-state index >= 15 is 0 Å². The average molecular weight is 423 g/mol. The van der Waals surface area contributed by atoms with E-state index in [1.807, 2.05) is 19.1 Å². The quantitative estimate of drug-likeness (QED) is 0.315. The molecule has 7 heteroatoms. The molecule has 0 aliphatic rings. The lowest BCUT2D eigenvalue weighted by atomic mass is 9.94. The van der Waals surface area contributed by atoms with Gasteiger partial charge in [0.2, 0.25) is 0 Å². The Labute approximate surface area is 170 Å². The maximum absolute atomic E-state index is 12.9. The summed E-state index contributed by atoms with van der Waals surface area (Å²) in [5.41, 5.74) is 6.68. The van der Waals surface area contributed by atoms with Crippen molar-refractivity contribution in [1.82, 2.24) is 0 Å². The van der Waals surface area contributed by atoms with Crippen molar-refractivity contribution in [3.8, 4) is 11.8 Å². The highest BCUT2D eigenvalue weighted by Crippen LogP contribution is 2.37. The summed E-state index contributed by atoms with van der Waals surface area (Å²) in [6, 6.07) is 10.6. The molecule has 28 heavy (non-hydrogen) atoms. The second-order valence-corrected chi connectivity index (χ2v) is 10.3. The van der Waals surface area contributed by atoms with Crippen molar-refractivity contribution in [2.24, 2.45) is 5.73 Å². The molecule has 0 aliphatic heterocycles. The van der Waals surface area contributed by atoms with E-state index in [-0.39, 0.29) is 12.0 Å². The number of halogens is 1. The summed E-state index contributed by atoms with van der Waals surface area (Å²) in [5, 5.41) is 0. The monoisotopic (exact) mass is 423 g/mol. The third-order valence-corrected chi connectivity index (χ3v) is 6.34. The van der Waals surface area contributed by atoms with Gasteiger partial charge in [0.15, 0.2) is 0 Å². The summed E-state index contributed by atoms with van der Waals surface area (Å²) < 4.78 is 23.9. The predicted molar refractivity (Wildman–Crippen MR) is 113 cm³/mol. The molecule has 4 N–H and O–H groups in total. The minimum Gasteiger partial charge on any atom is -0.325 e. The van der Waals surface area contributed by atoms with Gasteiger partial charge < -0.3 is 15.5 Å². The number of benzene rings is 1. The molecule has 1 heterocycles. The normalized spacial score (nSPS) is 13.6. The molecule has 4 nitrogen and oxygen atoms in total. The number of rotatable bonds is 9. The third kappa shape index (κ3) is 9.14. The van der Waals surface area contributed by atoms with Gasteiger partial charge in [0.05, 0.1) is 11.0 Å². The van der Waals surface area contributed by atoms with Crippen LogP contribution >= 0.6 is 18.9 Å². The Kier molecular flexibility index (Phi) is 8.42. The number of unbranched alkanes of at least 4 members (excludes halogenated alkanes) is 1. The fourth-order valence-electron chi connectivity index (χ4n) is 2.70. The van der Waals surface area contributed by atoms with Crippen molar-refractivity contribution in [3.63, 3.8) is 0 Å². The molecule has 1 unspecified atom stereocenters. The average Bonchev–Trinajstić information content (AvgIpc) is 3.07. The van der Waals surface area contributed by atoms with Gasteiger partial charge in [-0.2, -0.15) is 0 Å². The summed E-state index contributed by atoms with van der Waals surface area (Å²) in [5.74, 6) is 6.14. The molecule has 1 atom stereocenters. The Bertz CT molecular complexity index is 862. The van der Waals surface area contributed by atoms with Gasteiger partial charge in [-0.1, -0.05) is 24.0 Å². The van der Waals surface area contributed by atoms with Crippen molar-refractivity contribution in [2.75, 3.05) is 6.16 Å². The molecule has 0 spiro atoms. The number of hydrogen-bond acceptors (Lipinski definition) is 3. The van der Waals surface area contributed by atoms with E-state index in [0.29, 0.717) is 12.8 Å². The van der Waals surface area contributed by atoms with Crippen LogP contribution in [0.4, 0.5) is 4.39 Å². The molecule has 0 radical (unpaired) electrons. The standard InChI is InChI=1S/C21H27FNO3PS/c1-21(23,15-16-27(24,25)26)14-13-20-12-11-19(28-20)6-4-2-3-5-17-7-9-18(22)10-8-17/h7-12H,2-3,5,13-16,23H2,1H3,(H2,24,25,26). The van der Waals surface area contributed by atoms with Gasteiger partial charge in [0.25, 0.3) is 0 Å². The van der Waals surface area contributed by atoms with Crippen LogP contribution in [0.3, 0.4) is 0 Å². The van der Waals surface area contributed by atoms with Crippen LogP contribution in [0.15, 0.2) is 36.4 Å². The Balaban J connectivity index is 1.74. The summed E-state index contributed by atoms with van der Waals surface area (Å²) in [7, 11) is -4.01. The Morgan fingerprint density at radius 1 is 1.14 bits per heavy atom. The molecule has 0 saturated carbocycles. The second-order valence-electron chi connectivity index (χ2n) is 7.34. The van der Waals surface area contributed by atoms with Crippen molar-refractivity contribution in [3.05, 3.63) is 57.5 Å². The first-order chi connectivity index (χ1) is 13.1. The SMILES string of the molecule is CC(N)(CCc1ccc(C#CCCCc2ccc(F)cc2)s1)CCP(=O)(O)O. The lowest BCUT2D eigenvalue weighted by Crippen LogP contribution is -2.37. The van der Waals surface area contributed by atoms with Crippen LogP contribution < -0.4 is 5.73 Å². The summed E-state index contributed by atoms with van der Waals surface area (Å²) in [6.07, 6.45) is 4.15. The zero-order valence-electron chi connectivity index (χ0n) is 16.0. The fourth-order valence-corrected chi connectivity index (χ4v) is 4.38. The first-order valence-corrected chi connectivity index (χ1v) is 11.9. The van der Waals surface area contributed by atoms with E-state index in [1.165, 1.54) is 17.0 Å². The molecule has 2 rings (SSSR count). The van der Waals surface area contributed by atoms with Crippen molar-refractivity contribution in [2.45, 2.75) is 51.0 Å². The predicted octanol–water partition coefficient (Wildman–Crippen LogP) is 4.48. The lowest BCUT2D eigenvalue weighted by Gasteiger charge is -2.24. The highest BCUT2D eigenvalue weighted by Gasteiger charge is 2.23. The van der Waals surface area contributed by atoms with Crippen LogP contribution in [0.5, 0.6) is 0 Å². The minimum absolute atomic E-state index is 0.181. The van der Waals surface area contributed by atoms with E-state index < -0.39 is 13.1 Å². The second kappa shape index (κ2) is 10.3. The van der Waals surface area contributed by atoms with E-state index in [0.717, 1.165) is 36.1 Å². The van der Waals surface area contributed by atoms with Gasteiger partial charge in [-0.15, -0.1) is 11.3 Å². The maximum Gasteiger partial charge on any atom is 0.325 e. The van der Waals surface area contributed by atoms with E-state index in [2.05, 4.69) is 11.8 Å². The number of hydrogen-bond donors (Lipinski definition) is 3. The Morgan fingerprint density at radius 3 is 2.54 bits per heavy atom. The van der Waals surface area contributed by atoms with Crippen LogP contribution in [-0.4, -0.2) is 21.5 Å². The Morgan fingerprint density at radius 2 is 1.86 bits per heavy atom. The van der Waals surface area contributed by atoms with E-state index in [1.54, 1.807) is 23.5 Å². The van der Waals surface area contributed by atoms with Gasteiger partial charge >= 0.3 is 7.60 Å². The minimum atomic E-state index is -4.01. The van der Waals surface area contributed by atoms with Crippen LogP contribution in [0, 0.1) is 17.7 Å². The fraction of sp³-hybridized carbons (Fsp3) is 0.429. The molecule has 2 aromatic rings. The zero-order chi connectivity index (χ0) is 20.6. The van der Waals surface area contributed by atoms with Gasteiger partial charge in [0, 0.05) is 16.8 Å². The highest BCUT2D eigenvalue weighted by molar-refractivity contribution is 7.51. The third-order valence-electron chi connectivity index (χ3n) is 4.47. The topological polar surface area (TPSA) is 83.6 Å². The molecular weight excluding hydrogens is 396 g/mol. The Hall–Kier alpha value is -1.48. The smallest absolute Gasteiger partial charge is 0.325 e. The molecule has 0 aliphatic carbocycles. The first kappa shape index (κ1) is 22.8. The molecule has 1 aromatic heterocycles. The maximum atomic E-state index is 12.9. The molecular formula is C21H27FNO3PS. The summed E-state index contributed by atoms with van der Waals surface area (Å²) in [6.45, 7) is 1.83. The highest BCUT2D eigenvalue weighted by atomic mass is 32.1. The zero-order valence-corrected chi connectivity index (χ0v) is 17.7. The van der Waals surface area contributed by atoms with Crippen molar-refractivity contribution < 1.29 is 18.7 Å². The molecule has 0 amide bonds. The largest absolute Gasteiger partial charge is 0.325 e. The molecule has 0 fully saturated rings. The number of aryl methyl sites for hydroxylation is 2. The molecule has 152 valence electrons. The summed E-state index contributed by atoms with van der Waals surface area (Å²) in [4.78, 5) is 20.2. The van der Waals surface area contributed by atoms with Crippen LogP contribution in [0.1, 0.15) is 47.9 Å². The van der Waals surface area contributed by atoms with Gasteiger partial charge in [0.1, 0.15) is 5.82 Å². The van der Waals surface area contributed by atoms with E-state index in [4.69, 9.17) is 15.5 Å². The first-order valence-electron chi connectivity index (χ1n) is 9.28. The van der Waals surface area contributed by atoms with Crippen LogP contribution in [0.2, 0.25) is 0 Å². The molecule has 0 saturated heterocycles. The van der Waals surface area contributed by atoms with Crippen LogP contribution in [0.25, 0.3) is 0 Å². The van der Waals surface area contributed by atoms with E-state index in [9.17, 15) is 8.96 Å². The summed E-state index contributed by atoms with van der Waals surface area (Å²) >= 11 is 1.63. The van der Waals surface area contributed by atoms with Crippen molar-refractivity contribution >= 4 is 18.9 Å². The van der Waals surface area contributed by atoms with Crippen LogP contribution in [-0.2, 0) is 17.4 Å². The molecule has 0 bridgehead atoms. The van der Waals surface area contributed by atoms with Gasteiger partial charge in [-0.05, 0) is 68.9 Å². The van der Waals surface area contributed by atoms with Crippen molar-refractivity contribution in [1.29, 1.82) is 0 Å². The van der Waals surface area contributed by atoms with Gasteiger partial charge in [-0.3, -0.25) is 4.57 Å². The number of thiophene rings is 1. The lowest BCUT2D eigenvalue weighted by molar-refractivity contribution is 0.354. The number of nitrogens with two attached hydrogens (primary N) is 1.